The van der Waals surface area contributed by atoms with E-state index in [2.05, 4.69) is 11.2 Å². The summed E-state index contributed by atoms with van der Waals surface area (Å²) in [5.74, 6) is 1.49. The summed E-state index contributed by atoms with van der Waals surface area (Å²) in [6, 6.07) is 2.13. The van der Waals surface area contributed by atoms with Crippen molar-refractivity contribution in [2.75, 3.05) is 6.54 Å². The van der Waals surface area contributed by atoms with Crippen LogP contribution in [0.1, 0.15) is 31.4 Å². The van der Waals surface area contributed by atoms with Gasteiger partial charge in [0.05, 0.1) is 5.69 Å². The van der Waals surface area contributed by atoms with Crippen LogP contribution in [0.25, 0.3) is 0 Å². The predicted octanol–water partition coefficient (Wildman–Crippen LogP) is 1.73. The molecule has 1 aromatic heterocycles. The molecule has 1 aliphatic rings. The largest absolute Gasteiger partial charge is 0.330 e. The average molecular weight is 207 g/mol. The van der Waals surface area contributed by atoms with Crippen molar-refractivity contribution in [2.24, 2.45) is 24.6 Å². The summed E-state index contributed by atoms with van der Waals surface area (Å²) in [7, 11) is 1.98. The highest BCUT2D eigenvalue weighted by atomic mass is 15.2. The zero-order chi connectivity index (χ0) is 10.7. The Hall–Kier alpha value is -0.830. The molecule has 1 aliphatic carbocycles. The first-order valence-corrected chi connectivity index (χ1v) is 5.98. The predicted molar refractivity (Wildman–Crippen MR) is 61.4 cm³/mol. The SMILES string of the molecule is Cn1ccc(CC2CCCCC2CN)n1. The van der Waals surface area contributed by atoms with E-state index in [-0.39, 0.29) is 0 Å². The molecule has 15 heavy (non-hydrogen) atoms. The molecule has 2 atom stereocenters. The molecule has 3 heteroatoms. The van der Waals surface area contributed by atoms with Crippen LogP contribution in [0.4, 0.5) is 0 Å². The molecule has 0 bridgehead atoms. The van der Waals surface area contributed by atoms with Crippen LogP contribution in [0.3, 0.4) is 0 Å². The van der Waals surface area contributed by atoms with Crippen LogP contribution < -0.4 is 5.73 Å². The van der Waals surface area contributed by atoms with Crippen LogP contribution >= 0.6 is 0 Å². The molecular weight excluding hydrogens is 186 g/mol. The molecule has 0 aliphatic heterocycles. The zero-order valence-electron chi connectivity index (χ0n) is 9.52. The lowest BCUT2D eigenvalue weighted by atomic mass is 9.77. The fraction of sp³-hybridized carbons (Fsp3) is 0.750. The van der Waals surface area contributed by atoms with Gasteiger partial charge in [-0.1, -0.05) is 12.8 Å². The van der Waals surface area contributed by atoms with Gasteiger partial charge in [0.1, 0.15) is 0 Å². The van der Waals surface area contributed by atoms with Gasteiger partial charge in [0.25, 0.3) is 0 Å². The van der Waals surface area contributed by atoms with Crippen molar-refractivity contribution in [3.05, 3.63) is 18.0 Å². The van der Waals surface area contributed by atoms with Gasteiger partial charge >= 0.3 is 0 Å². The van der Waals surface area contributed by atoms with E-state index in [0.717, 1.165) is 24.8 Å². The number of rotatable bonds is 3. The van der Waals surface area contributed by atoms with Crippen molar-refractivity contribution in [1.29, 1.82) is 0 Å². The summed E-state index contributed by atoms with van der Waals surface area (Å²) in [5.41, 5.74) is 7.05. The van der Waals surface area contributed by atoms with E-state index in [1.165, 1.54) is 31.4 Å². The van der Waals surface area contributed by atoms with E-state index in [9.17, 15) is 0 Å². The van der Waals surface area contributed by atoms with E-state index in [0.29, 0.717) is 0 Å². The highest BCUT2D eigenvalue weighted by Gasteiger charge is 2.24. The van der Waals surface area contributed by atoms with E-state index in [1.54, 1.807) is 0 Å². The number of nitrogens with zero attached hydrogens (tertiary/aromatic N) is 2. The average Bonchev–Trinajstić information content (AvgIpc) is 2.65. The quantitative estimate of drug-likeness (QED) is 0.820. The Morgan fingerprint density at radius 1 is 1.40 bits per heavy atom. The van der Waals surface area contributed by atoms with Gasteiger partial charge in [0.2, 0.25) is 0 Å². The monoisotopic (exact) mass is 207 g/mol. The smallest absolute Gasteiger partial charge is 0.0627 e. The lowest BCUT2D eigenvalue weighted by Gasteiger charge is -2.30. The summed E-state index contributed by atoms with van der Waals surface area (Å²) in [6.07, 6.45) is 8.51. The number of hydrogen-bond donors (Lipinski definition) is 1. The summed E-state index contributed by atoms with van der Waals surface area (Å²) in [6.45, 7) is 0.845. The van der Waals surface area contributed by atoms with E-state index < -0.39 is 0 Å². The third-order valence-corrected chi connectivity index (χ3v) is 3.61. The summed E-state index contributed by atoms with van der Waals surface area (Å²) < 4.78 is 1.88. The highest BCUT2D eigenvalue weighted by Crippen LogP contribution is 2.31. The number of nitrogens with two attached hydrogens (primary N) is 1. The summed E-state index contributed by atoms with van der Waals surface area (Å²) >= 11 is 0. The topological polar surface area (TPSA) is 43.8 Å². The minimum Gasteiger partial charge on any atom is -0.330 e. The molecule has 1 saturated carbocycles. The van der Waals surface area contributed by atoms with Crippen LogP contribution in [0, 0.1) is 11.8 Å². The van der Waals surface area contributed by atoms with Crippen molar-refractivity contribution >= 4 is 0 Å². The molecule has 0 amide bonds. The second-order valence-electron chi connectivity index (χ2n) is 4.73. The molecule has 1 fully saturated rings. The van der Waals surface area contributed by atoms with Gasteiger partial charge < -0.3 is 5.73 Å². The molecule has 0 saturated heterocycles. The van der Waals surface area contributed by atoms with Crippen molar-refractivity contribution < 1.29 is 0 Å². The Morgan fingerprint density at radius 3 is 2.73 bits per heavy atom. The van der Waals surface area contributed by atoms with Crippen molar-refractivity contribution in [2.45, 2.75) is 32.1 Å². The van der Waals surface area contributed by atoms with Gasteiger partial charge in [-0.05, 0) is 43.7 Å². The molecule has 0 spiro atoms. The fourth-order valence-electron chi connectivity index (χ4n) is 2.70. The molecule has 1 heterocycles. The third kappa shape index (κ3) is 2.59. The van der Waals surface area contributed by atoms with Gasteiger partial charge in [0.15, 0.2) is 0 Å². The Bertz CT molecular complexity index is 306. The lowest BCUT2D eigenvalue weighted by molar-refractivity contribution is 0.240. The molecule has 2 rings (SSSR count). The second kappa shape index (κ2) is 4.79. The first kappa shape index (κ1) is 10.7. The molecule has 0 radical (unpaired) electrons. The first-order chi connectivity index (χ1) is 7.29. The van der Waals surface area contributed by atoms with Gasteiger partial charge in [-0.25, -0.2) is 0 Å². The Morgan fingerprint density at radius 2 is 2.13 bits per heavy atom. The normalized spacial score (nSPS) is 26.8. The van der Waals surface area contributed by atoms with Crippen LogP contribution in [-0.4, -0.2) is 16.3 Å². The standard InChI is InChI=1S/C12H21N3/c1-15-7-6-12(14-15)8-10-4-2-3-5-11(10)9-13/h6-7,10-11H,2-5,8-9,13H2,1H3. The molecular formula is C12H21N3. The fourth-order valence-corrected chi connectivity index (χ4v) is 2.70. The maximum absolute atomic E-state index is 5.83. The summed E-state index contributed by atoms with van der Waals surface area (Å²) in [4.78, 5) is 0. The second-order valence-corrected chi connectivity index (χ2v) is 4.73. The highest BCUT2D eigenvalue weighted by molar-refractivity contribution is 5.01. The van der Waals surface area contributed by atoms with Crippen LogP contribution in [-0.2, 0) is 13.5 Å². The molecule has 84 valence electrons. The van der Waals surface area contributed by atoms with E-state index in [4.69, 9.17) is 5.73 Å². The van der Waals surface area contributed by atoms with Gasteiger partial charge in [-0.3, -0.25) is 4.68 Å². The van der Waals surface area contributed by atoms with Crippen LogP contribution in [0.2, 0.25) is 0 Å². The minimum absolute atomic E-state index is 0.723. The Kier molecular flexibility index (Phi) is 3.41. The molecule has 0 aromatic carbocycles. The van der Waals surface area contributed by atoms with Gasteiger partial charge in [0, 0.05) is 13.2 Å². The molecule has 2 unspecified atom stereocenters. The van der Waals surface area contributed by atoms with E-state index in [1.807, 2.05) is 17.9 Å². The Balaban J connectivity index is 1.97. The van der Waals surface area contributed by atoms with Crippen molar-refractivity contribution in [3.8, 4) is 0 Å². The van der Waals surface area contributed by atoms with Gasteiger partial charge in [-0.15, -0.1) is 0 Å². The lowest BCUT2D eigenvalue weighted by Crippen LogP contribution is -2.28. The molecule has 2 N–H and O–H groups in total. The van der Waals surface area contributed by atoms with Crippen molar-refractivity contribution in [3.63, 3.8) is 0 Å². The molecule has 3 nitrogen and oxygen atoms in total. The van der Waals surface area contributed by atoms with Crippen LogP contribution in [0.5, 0.6) is 0 Å². The number of aryl methyl sites for hydroxylation is 1. The maximum Gasteiger partial charge on any atom is 0.0627 e. The third-order valence-electron chi connectivity index (χ3n) is 3.61. The summed E-state index contributed by atoms with van der Waals surface area (Å²) in [5, 5.41) is 4.45. The maximum atomic E-state index is 5.83. The zero-order valence-corrected chi connectivity index (χ0v) is 9.52. The van der Waals surface area contributed by atoms with E-state index >= 15 is 0 Å². The van der Waals surface area contributed by atoms with Gasteiger partial charge in [-0.2, -0.15) is 5.10 Å². The number of hydrogen-bond acceptors (Lipinski definition) is 2. The Labute approximate surface area is 91.7 Å². The first-order valence-electron chi connectivity index (χ1n) is 5.98. The van der Waals surface area contributed by atoms with Crippen molar-refractivity contribution in [1.82, 2.24) is 9.78 Å². The molecule has 1 aromatic rings. The number of aromatic nitrogens is 2. The minimum atomic E-state index is 0.723. The van der Waals surface area contributed by atoms with Crippen LogP contribution in [0.15, 0.2) is 12.3 Å².